The van der Waals surface area contributed by atoms with Crippen LogP contribution in [0.5, 0.6) is 0 Å². The molecule has 0 amide bonds. The number of ether oxygens (including phenoxy) is 1. The average molecular weight is 396 g/mol. The second-order valence-corrected chi connectivity index (χ2v) is 7.04. The fourth-order valence-corrected chi connectivity index (χ4v) is 3.82. The summed E-state index contributed by atoms with van der Waals surface area (Å²) in [7, 11) is 1.64. The smallest absolute Gasteiger partial charge is 0.173 e. The van der Waals surface area contributed by atoms with E-state index in [2.05, 4.69) is 37.5 Å². The Kier molecular flexibility index (Phi) is 6.12. The zero-order valence-corrected chi connectivity index (χ0v) is 16.5. The first-order valence-corrected chi connectivity index (χ1v) is 9.81. The van der Waals surface area contributed by atoms with Crippen molar-refractivity contribution in [2.75, 3.05) is 44.8 Å². The van der Waals surface area contributed by atoms with E-state index < -0.39 is 0 Å². The number of benzene rings is 2. The minimum absolute atomic E-state index is 0.246. The van der Waals surface area contributed by atoms with Crippen molar-refractivity contribution in [2.24, 2.45) is 0 Å². The molecule has 0 aliphatic carbocycles. The summed E-state index contributed by atoms with van der Waals surface area (Å²) >= 11 is 0. The number of aromatic nitrogens is 4. The van der Waals surface area contributed by atoms with Crippen molar-refractivity contribution in [3.05, 3.63) is 71.8 Å². The van der Waals surface area contributed by atoms with E-state index in [1.807, 2.05) is 30.3 Å². The van der Waals surface area contributed by atoms with Crippen LogP contribution in [-0.2, 0) is 11.3 Å². The number of rotatable bonds is 7. The summed E-state index contributed by atoms with van der Waals surface area (Å²) in [6, 6.07) is 16.9. The van der Waals surface area contributed by atoms with Crippen molar-refractivity contribution in [1.29, 1.82) is 0 Å². The summed E-state index contributed by atoms with van der Waals surface area (Å²) < 4.78 is 21.7. The van der Waals surface area contributed by atoms with E-state index in [4.69, 9.17) is 4.74 Å². The molecule has 0 spiro atoms. The first-order valence-electron chi connectivity index (χ1n) is 9.81. The van der Waals surface area contributed by atoms with Gasteiger partial charge in [-0.3, -0.25) is 4.90 Å². The van der Waals surface area contributed by atoms with E-state index in [9.17, 15) is 4.39 Å². The van der Waals surface area contributed by atoms with E-state index in [0.717, 1.165) is 26.2 Å². The van der Waals surface area contributed by atoms with E-state index in [0.29, 0.717) is 24.5 Å². The van der Waals surface area contributed by atoms with E-state index in [-0.39, 0.29) is 11.9 Å². The van der Waals surface area contributed by atoms with Crippen molar-refractivity contribution < 1.29 is 9.13 Å². The van der Waals surface area contributed by atoms with Gasteiger partial charge in [0.15, 0.2) is 5.82 Å². The van der Waals surface area contributed by atoms with E-state index >= 15 is 0 Å². The van der Waals surface area contributed by atoms with Crippen LogP contribution in [0.4, 0.5) is 10.1 Å². The molecule has 1 aromatic heterocycles. The molecule has 4 rings (SSSR count). The zero-order valence-electron chi connectivity index (χ0n) is 16.5. The Morgan fingerprint density at radius 3 is 2.45 bits per heavy atom. The minimum atomic E-state index is -0.346. The molecule has 8 heteroatoms. The Balaban J connectivity index is 1.60. The number of tetrazole rings is 1. The van der Waals surface area contributed by atoms with Gasteiger partial charge in [-0.1, -0.05) is 36.4 Å². The molecule has 1 atom stereocenters. The third kappa shape index (κ3) is 4.28. The third-order valence-electron chi connectivity index (χ3n) is 5.31. The van der Waals surface area contributed by atoms with Gasteiger partial charge in [0.25, 0.3) is 0 Å². The van der Waals surface area contributed by atoms with Crippen molar-refractivity contribution in [1.82, 2.24) is 25.1 Å². The number of anilines is 1. The molecule has 152 valence electrons. The van der Waals surface area contributed by atoms with Crippen LogP contribution in [0.25, 0.3) is 0 Å². The molecule has 1 saturated heterocycles. The number of hydrogen-bond donors (Lipinski definition) is 0. The summed E-state index contributed by atoms with van der Waals surface area (Å²) in [6.45, 7) is 4.29. The molecule has 7 nitrogen and oxygen atoms in total. The molecule has 1 unspecified atom stereocenters. The van der Waals surface area contributed by atoms with Gasteiger partial charge >= 0.3 is 0 Å². The molecule has 1 aliphatic heterocycles. The Morgan fingerprint density at radius 1 is 1.00 bits per heavy atom. The second kappa shape index (κ2) is 9.11. The van der Waals surface area contributed by atoms with Crippen LogP contribution in [0.3, 0.4) is 0 Å². The molecule has 3 aromatic rings. The van der Waals surface area contributed by atoms with Crippen LogP contribution < -0.4 is 4.90 Å². The quantitative estimate of drug-likeness (QED) is 0.611. The van der Waals surface area contributed by atoms with E-state index in [1.165, 1.54) is 11.8 Å². The normalized spacial score (nSPS) is 16.1. The Morgan fingerprint density at radius 2 is 1.72 bits per heavy atom. The van der Waals surface area contributed by atoms with Crippen molar-refractivity contribution in [3.63, 3.8) is 0 Å². The maximum Gasteiger partial charge on any atom is 0.173 e. The predicted molar refractivity (Wildman–Crippen MR) is 108 cm³/mol. The maximum absolute atomic E-state index is 14.8. The lowest BCUT2D eigenvalue weighted by Crippen LogP contribution is -2.48. The van der Waals surface area contributed by atoms with Gasteiger partial charge in [0.2, 0.25) is 0 Å². The molecular weight excluding hydrogens is 371 g/mol. The molecule has 1 aliphatic rings. The van der Waals surface area contributed by atoms with Gasteiger partial charge in [-0.2, -0.15) is 0 Å². The Hall–Kier alpha value is -2.84. The molecule has 0 N–H and O–H groups in total. The first kappa shape index (κ1) is 19.5. The number of piperazine rings is 1. The fraction of sp³-hybridized carbons (Fsp3) is 0.381. The van der Waals surface area contributed by atoms with Crippen LogP contribution in [0.2, 0.25) is 0 Å². The summed E-state index contributed by atoms with van der Waals surface area (Å²) in [5.74, 6) is 0.393. The van der Waals surface area contributed by atoms with Gasteiger partial charge in [0.05, 0.1) is 13.2 Å². The van der Waals surface area contributed by atoms with Crippen LogP contribution >= 0.6 is 0 Å². The van der Waals surface area contributed by atoms with Crippen molar-refractivity contribution in [2.45, 2.75) is 12.6 Å². The molecule has 0 radical (unpaired) electrons. The lowest BCUT2D eigenvalue weighted by molar-refractivity contribution is 0.171. The van der Waals surface area contributed by atoms with Gasteiger partial charge in [0.1, 0.15) is 11.9 Å². The van der Waals surface area contributed by atoms with Crippen molar-refractivity contribution in [3.8, 4) is 0 Å². The SMILES string of the molecule is COCCn1nnnc1C(c1ccccc1F)N1CCN(c2ccccc2)CC1. The van der Waals surface area contributed by atoms with Crippen LogP contribution in [-0.4, -0.2) is 65.0 Å². The number of halogens is 1. The van der Waals surface area contributed by atoms with Gasteiger partial charge < -0.3 is 9.64 Å². The van der Waals surface area contributed by atoms with Gasteiger partial charge in [-0.15, -0.1) is 5.10 Å². The van der Waals surface area contributed by atoms with Gasteiger partial charge in [-0.25, -0.2) is 9.07 Å². The fourth-order valence-electron chi connectivity index (χ4n) is 3.82. The highest BCUT2D eigenvalue weighted by molar-refractivity contribution is 5.46. The summed E-state index contributed by atoms with van der Waals surface area (Å²) in [5.41, 5.74) is 1.80. The largest absolute Gasteiger partial charge is 0.383 e. The highest BCUT2D eigenvalue weighted by atomic mass is 19.1. The summed E-state index contributed by atoms with van der Waals surface area (Å²) in [6.07, 6.45) is 0. The minimum Gasteiger partial charge on any atom is -0.383 e. The van der Waals surface area contributed by atoms with Crippen LogP contribution in [0.15, 0.2) is 54.6 Å². The monoisotopic (exact) mass is 396 g/mol. The zero-order chi connectivity index (χ0) is 20.1. The number of methoxy groups -OCH3 is 1. The van der Waals surface area contributed by atoms with E-state index in [1.54, 1.807) is 17.9 Å². The summed E-state index contributed by atoms with van der Waals surface area (Å²) in [4.78, 5) is 4.61. The molecule has 0 bridgehead atoms. The Labute approximate surface area is 169 Å². The third-order valence-corrected chi connectivity index (χ3v) is 5.31. The standard InChI is InChI=1S/C21H25FN6O/c1-29-16-15-28-21(23-24-25-28)20(18-9-5-6-10-19(18)22)27-13-11-26(12-14-27)17-7-3-2-4-8-17/h2-10,20H,11-16H2,1H3. The first-order chi connectivity index (χ1) is 14.3. The number of para-hydroxylation sites is 1. The van der Waals surface area contributed by atoms with Crippen LogP contribution in [0, 0.1) is 5.82 Å². The summed E-state index contributed by atoms with van der Waals surface area (Å²) in [5, 5.41) is 12.2. The Bertz CT molecular complexity index is 910. The highest BCUT2D eigenvalue weighted by Crippen LogP contribution is 2.30. The maximum atomic E-state index is 14.8. The van der Waals surface area contributed by atoms with Gasteiger partial charge in [0, 0.05) is 44.5 Å². The molecule has 29 heavy (non-hydrogen) atoms. The molecule has 0 saturated carbocycles. The van der Waals surface area contributed by atoms with Gasteiger partial charge in [-0.05, 0) is 28.6 Å². The number of nitrogens with zero attached hydrogens (tertiary/aromatic N) is 6. The number of hydrogen-bond acceptors (Lipinski definition) is 6. The lowest BCUT2D eigenvalue weighted by atomic mass is 10.0. The topological polar surface area (TPSA) is 59.3 Å². The predicted octanol–water partition coefficient (Wildman–Crippen LogP) is 2.37. The molecule has 1 fully saturated rings. The highest BCUT2D eigenvalue weighted by Gasteiger charge is 2.32. The van der Waals surface area contributed by atoms with Crippen LogP contribution in [0.1, 0.15) is 17.4 Å². The second-order valence-electron chi connectivity index (χ2n) is 7.04. The lowest BCUT2D eigenvalue weighted by Gasteiger charge is -2.40. The molecule has 2 aromatic carbocycles. The average Bonchev–Trinajstić information content (AvgIpc) is 3.23. The molecule has 2 heterocycles. The molecular formula is C21H25FN6O. The van der Waals surface area contributed by atoms with Crippen molar-refractivity contribution >= 4 is 5.69 Å².